The number of hydrogen-bond acceptors (Lipinski definition) is 6. The summed E-state index contributed by atoms with van der Waals surface area (Å²) in [5.74, 6) is 2.46. The molecule has 0 fully saturated rings. The van der Waals surface area contributed by atoms with Crippen molar-refractivity contribution in [1.82, 2.24) is 15.2 Å². The first kappa shape index (κ1) is 16.4. The second-order valence-electron chi connectivity index (χ2n) is 5.33. The summed E-state index contributed by atoms with van der Waals surface area (Å²) >= 11 is 0. The van der Waals surface area contributed by atoms with Gasteiger partial charge in [-0.25, -0.2) is 4.98 Å². The minimum Gasteiger partial charge on any atom is -0.497 e. The highest BCUT2D eigenvalue weighted by molar-refractivity contribution is 5.59. The van der Waals surface area contributed by atoms with Crippen molar-refractivity contribution in [2.24, 2.45) is 0 Å². The lowest BCUT2D eigenvalue weighted by molar-refractivity contribution is -0.385. The summed E-state index contributed by atoms with van der Waals surface area (Å²) in [5.41, 5.74) is 1.33. The van der Waals surface area contributed by atoms with Crippen molar-refractivity contribution in [1.29, 1.82) is 0 Å². The Morgan fingerprint density at radius 1 is 1.16 bits per heavy atom. The SMILES string of the molecule is COc1ccc(OCc2nc(-c3ccc([N+](=O)[O-])c(C)c3)n[nH]2)cc1. The molecular formula is C17H16N4O4. The summed E-state index contributed by atoms with van der Waals surface area (Å²) in [7, 11) is 1.60. The molecule has 8 nitrogen and oxygen atoms in total. The van der Waals surface area contributed by atoms with Gasteiger partial charge < -0.3 is 9.47 Å². The Bertz CT molecular complexity index is 890. The molecule has 128 valence electrons. The summed E-state index contributed by atoms with van der Waals surface area (Å²) in [6.45, 7) is 1.91. The molecule has 0 spiro atoms. The molecule has 0 unspecified atom stereocenters. The van der Waals surface area contributed by atoms with Crippen LogP contribution in [0.3, 0.4) is 0 Å². The summed E-state index contributed by atoms with van der Waals surface area (Å²) in [6.07, 6.45) is 0. The van der Waals surface area contributed by atoms with E-state index in [-0.39, 0.29) is 12.3 Å². The van der Waals surface area contributed by atoms with E-state index in [0.29, 0.717) is 28.5 Å². The predicted octanol–water partition coefficient (Wildman–Crippen LogP) is 3.28. The molecular weight excluding hydrogens is 324 g/mol. The van der Waals surface area contributed by atoms with Crippen LogP contribution in [0, 0.1) is 17.0 Å². The maximum atomic E-state index is 10.9. The summed E-state index contributed by atoms with van der Waals surface area (Å²) < 4.78 is 10.7. The number of rotatable bonds is 6. The molecule has 0 saturated carbocycles. The zero-order chi connectivity index (χ0) is 17.8. The fourth-order valence-electron chi connectivity index (χ4n) is 2.31. The molecule has 25 heavy (non-hydrogen) atoms. The largest absolute Gasteiger partial charge is 0.497 e. The topological polar surface area (TPSA) is 103 Å². The lowest BCUT2D eigenvalue weighted by Crippen LogP contribution is -1.97. The van der Waals surface area contributed by atoms with Gasteiger partial charge >= 0.3 is 0 Å². The van der Waals surface area contributed by atoms with Crippen LogP contribution in [0.2, 0.25) is 0 Å². The molecule has 1 N–H and O–H groups in total. The van der Waals surface area contributed by atoms with Gasteiger partial charge in [0, 0.05) is 17.2 Å². The highest BCUT2D eigenvalue weighted by Gasteiger charge is 2.13. The van der Waals surface area contributed by atoms with Crippen LogP contribution in [-0.4, -0.2) is 27.2 Å². The van der Waals surface area contributed by atoms with Crippen LogP contribution >= 0.6 is 0 Å². The van der Waals surface area contributed by atoms with Crippen molar-refractivity contribution in [2.45, 2.75) is 13.5 Å². The molecule has 3 rings (SSSR count). The monoisotopic (exact) mass is 340 g/mol. The molecule has 1 heterocycles. The fraction of sp³-hybridized carbons (Fsp3) is 0.176. The van der Waals surface area contributed by atoms with Gasteiger partial charge in [0.05, 0.1) is 12.0 Å². The Hall–Kier alpha value is -3.42. The zero-order valence-electron chi connectivity index (χ0n) is 13.7. The van der Waals surface area contributed by atoms with E-state index in [1.54, 1.807) is 50.4 Å². The summed E-state index contributed by atoms with van der Waals surface area (Å²) in [4.78, 5) is 14.8. The zero-order valence-corrected chi connectivity index (χ0v) is 13.7. The third-order valence-corrected chi connectivity index (χ3v) is 3.62. The number of nitro groups is 1. The highest BCUT2D eigenvalue weighted by Crippen LogP contribution is 2.24. The second-order valence-corrected chi connectivity index (χ2v) is 5.33. The number of H-pyrrole nitrogens is 1. The van der Waals surface area contributed by atoms with Crippen molar-refractivity contribution in [2.75, 3.05) is 7.11 Å². The second kappa shape index (κ2) is 7.00. The average molecular weight is 340 g/mol. The predicted molar refractivity (Wildman–Crippen MR) is 90.5 cm³/mol. The van der Waals surface area contributed by atoms with Gasteiger partial charge in [-0.1, -0.05) is 0 Å². The van der Waals surface area contributed by atoms with Crippen LogP contribution in [0.4, 0.5) is 5.69 Å². The van der Waals surface area contributed by atoms with Crippen molar-refractivity contribution >= 4 is 5.69 Å². The quantitative estimate of drug-likeness (QED) is 0.545. The van der Waals surface area contributed by atoms with Gasteiger partial charge in [-0.15, -0.1) is 0 Å². The van der Waals surface area contributed by atoms with E-state index in [9.17, 15) is 10.1 Å². The van der Waals surface area contributed by atoms with Gasteiger partial charge in [-0.05, 0) is 43.3 Å². The van der Waals surface area contributed by atoms with Crippen LogP contribution in [0.25, 0.3) is 11.4 Å². The number of benzene rings is 2. The van der Waals surface area contributed by atoms with Crippen LogP contribution in [0.1, 0.15) is 11.4 Å². The number of nitrogens with one attached hydrogen (secondary N) is 1. The Labute approximate surface area is 143 Å². The molecule has 3 aromatic rings. The van der Waals surface area contributed by atoms with E-state index in [0.717, 1.165) is 5.75 Å². The molecule has 0 atom stereocenters. The van der Waals surface area contributed by atoms with Gasteiger partial charge in [-0.2, -0.15) is 5.10 Å². The molecule has 0 aliphatic heterocycles. The molecule has 2 aromatic carbocycles. The Morgan fingerprint density at radius 3 is 2.52 bits per heavy atom. The first-order chi connectivity index (χ1) is 12.1. The molecule has 1 aromatic heterocycles. The number of nitro benzene ring substituents is 1. The smallest absolute Gasteiger partial charge is 0.272 e. The molecule has 8 heteroatoms. The van der Waals surface area contributed by atoms with Crippen molar-refractivity contribution < 1.29 is 14.4 Å². The van der Waals surface area contributed by atoms with E-state index in [4.69, 9.17) is 9.47 Å². The van der Waals surface area contributed by atoms with Crippen LogP contribution in [-0.2, 0) is 6.61 Å². The number of nitrogens with zero attached hydrogens (tertiary/aromatic N) is 3. The first-order valence-corrected chi connectivity index (χ1v) is 7.50. The van der Waals surface area contributed by atoms with Gasteiger partial charge in [0.25, 0.3) is 5.69 Å². The number of ether oxygens (including phenoxy) is 2. The maximum Gasteiger partial charge on any atom is 0.272 e. The number of aryl methyl sites for hydroxylation is 1. The highest BCUT2D eigenvalue weighted by atomic mass is 16.6. The van der Waals surface area contributed by atoms with E-state index < -0.39 is 4.92 Å². The Morgan fingerprint density at radius 2 is 1.88 bits per heavy atom. The minimum atomic E-state index is -0.411. The lowest BCUT2D eigenvalue weighted by Gasteiger charge is -2.04. The van der Waals surface area contributed by atoms with E-state index in [1.807, 2.05) is 0 Å². The van der Waals surface area contributed by atoms with Gasteiger partial charge in [-0.3, -0.25) is 15.2 Å². The van der Waals surface area contributed by atoms with Gasteiger partial charge in [0.2, 0.25) is 0 Å². The molecule has 0 bridgehead atoms. The molecule has 0 amide bonds. The lowest BCUT2D eigenvalue weighted by atomic mass is 10.1. The van der Waals surface area contributed by atoms with E-state index in [1.165, 1.54) is 6.07 Å². The molecule has 0 saturated heterocycles. The van der Waals surface area contributed by atoms with Gasteiger partial charge in [0.1, 0.15) is 18.1 Å². The van der Waals surface area contributed by atoms with Crippen LogP contribution in [0.15, 0.2) is 42.5 Å². The molecule has 0 aliphatic carbocycles. The standard InChI is InChI=1S/C17H16N4O4/c1-11-9-12(3-8-15(11)21(22)23)17-18-16(19-20-17)10-25-14-6-4-13(24-2)5-7-14/h3-9H,10H2,1-2H3,(H,18,19,20). The Kier molecular flexibility index (Phi) is 4.60. The number of methoxy groups -OCH3 is 1. The third-order valence-electron chi connectivity index (χ3n) is 3.62. The van der Waals surface area contributed by atoms with Crippen LogP contribution < -0.4 is 9.47 Å². The number of hydrogen-bond donors (Lipinski definition) is 1. The van der Waals surface area contributed by atoms with E-state index >= 15 is 0 Å². The number of aromatic amines is 1. The summed E-state index contributed by atoms with van der Waals surface area (Å²) in [5, 5.41) is 17.8. The fourth-order valence-corrected chi connectivity index (χ4v) is 2.31. The normalized spacial score (nSPS) is 10.5. The summed E-state index contributed by atoms with van der Waals surface area (Å²) in [6, 6.07) is 12.0. The van der Waals surface area contributed by atoms with Crippen molar-refractivity contribution in [3.05, 3.63) is 64.0 Å². The maximum absolute atomic E-state index is 10.9. The first-order valence-electron chi connectivity index (χ1n) is 7.50. The van der Waals surface area contributed by atoms with Crippen LogP contribution in [0.5, 0.6) is 11.5 Å². The minimum absolute atomic E-state index is 0.0716. The van der Waals surface area contributed by atoms with Crippen molar-refractivity contribution in [3.8, 4) is 22.9 Å². The molecule has 0 aliphatic rings. The van der Waals surface area contributed by atoms with Crippen molar-refractivity contribution in [3.63, 3.8) is 0 Å². The number of aromatic nitrogens is 3. The van der Waals surface area contributed by atoms with E-state index in [2.05, 4.69) is 15.2 Å². The van der Waals surface area contributed by atoms with Gasteiger partial charge in [0.15, 0.2) is 11.6 Å². The third kappa shape index (κ3) is 3.74. The molecule has 0 radical (unpaired) electrons. The average Bonchev–Trinajstić information content (AvgIpc) is 3.09. The Balaban J connectivity index is 1.69.